The van der Waals surface area contributed by atoms with Gasteiger partial charge in [-0.2, -0.15) is 4.73 Å². The fraction of sp³-hybridized carbons (Fsp3) is 0.538. The van der Waals surface area contributed by atoms with Crippen molar-refractivity contribution >= 4 is 5.97 Å². The molecule has 4 nitrogen and oxygen atoms in total. The minimum absolute atomic E-state index is 0.328. The Labute approximate surface area is 101 Å². The highest BCUT2D eigenvalue weighted by atomic mass is 16.5. The Hall–Kier alpha value is -1.58. The van der Waals surface area contributed by atoms with Crippen LogP contribution in [0.2, 0.25) is 0 Å². The molecule has 0 aromatic carbocycles. The molecule has 1 aliphatic rings. The molecular formula is C13H17NO3. The van der Waals surface area contributed by atoms with Gasteiger partial charge in [0.2, 0.25) is 5.69 Å². The molecule has 0 amide bonds. The maximum absolute atomic E-state index is 12.1. The molecule has 0 saturated heterocycles. The van der Waals surface area contributed by atoms with Gasteiger partial charge in [0.05, 0.1) is 6.61 Å². The van der Waals surface area contributed by atoms with Crippen LogP contribution in [0.5, 0.6) is 0 Å². The molecule has 0 saturated carbocycles. The van der Waals surface area contributed by atoms with Crippen molar-refractivity contribution in [2.75, 3.05) is 6.61 Å². The van der Waals surface area contributed by atoms with E-state index in [1.165, 1.54) is 0 Å². The lowest BCUT2D eigenvalue weighted by molar-refractivity contribution is -0.621. The van der Waals surface area contributed by atoms with E-state index in [9.17, 15) is 10.0 Å². The maximum Gasteiger partial charge on any atom is 0.344 e. The molecule has 1 aliphatic carbocycles. The Morgan fingerprint density at radius 1 is 1.47 bits per heavy atom. The summed E-state index contributed by atoms with van der Waals surface area (Å²) in [6, 6.07) is 1.83. The molecular weight excluding hydrogens is 218 g/mol. The molecule has 0 spiro atoms. The second kappa shape index (κ2) is 4.73. The first kappa shape index (κ1) is 11.9. The van der Waals surface area contributed by atoms with Gasteiger partial charge >= 0.3 is 5.97 Å². The van der Waals surface area contributed by atoms with Crippen LogP contribution in [0.3, 0.4) is 0 Å². The van der Waals surface area contributed by atoms with Gasteiger partial charge in [-0.25, -0.2) is 4.79 Å². The van der Waals surface area contributed by atoms with Crippen LogP contribution in [-0.4, -0.2) is 12.6 Å². The smallest absolute Gasteiger partial charge is 0.344 e. The zero-order valence-electron chi connectivity index (χ0n) is 10.3. The third-order valence-corrected chi connectivity index (χ3v) is 3.23. The summed E-state index contributed by atoms with van der Waals surface area (Å²) in [5.41, 5.74) is 2.67. The first-order valence-electron chi connectivity index (χ1n) is 6.07. The van der Waals surface area contributed by atoms with Crippen LogP contribution in [0, 0.1) is 12.1 Å². The van der Waals surface area contributed by atoms with Crippen LogP contribution in [0.25, 0.3) is 0 Å². The number of aromatic nitrogens is 1. The Balaban J connectivity index is 2.47. The number of carbonyl (C=O) groups excluding carboxylic acids is 1. The lowest BCUT2D eigenvalue weighted by atomic mass is 9.94. The molecule has 0 unspecified atom stereocenters. The van der Waals surface area contributed by atoms with E-state index >= 15 is 0 Å². The van der Waals surface area contributed by atoms with E-state index in [0.29, 0.717) is 17.9 Å². The number of pyridine rings is 1. The van der Waals surface area contributed by atoms with Crippen molar-refractivity contribution in [3.8, 4) is 0 Å². The fourth-order valence-electron chi connectivity index (χ4n) is 2.31. The minimum Gasteiger partial charge on any atom is -0.618 e. The lowest BCUT2D eigenvalue weighted by Gasteiger charge is -2.18. The second-order valence-electron chi connectivity index (χ2n) is 4.34. The number of ether oxygens (including phenoxy) is 1. The summed E-state index contributed by atoms with van der Waals surface area (Å²) < 4.78 is 5.87. The highest BCUT2D eigenvalue weighted by Gasteiger charge is 2.25. The summed E-state index contributed by atoms with van der Waals surface area (Å²) >= 11 is 0. The average molecular weight is 235 g/mol. The van der Waals surface area contributed by atoms with Gasteiger partial charge in [-0.15, -0.1) is 0 Å². The minimum atomic E-state index is -0.400. The monoisotopic (exact) mass is 235 g/mol. The number of nitrogens with zero attached hydrogens (tertiary/aromatic N) is 1. The predicted octanol–water partition coefficient (Wildman–Crippen LogP) is 1.68. The molecule has 1 aromatic heterocycles. The molecule has 0 radical (unpaired) electrons. The van der Waals surface area contributed by atoms with Crippen LogP contribution in [0.4, 0.5) is 0 Å². The summed E-state index contributed by atoms with van der Waals surface area (Å²) in [5, 5.41) is 12.1. The van der Waals surface area contributed by atoms with Crippen molar-refractivity contribution in [2.45, 2.75) is 39.5 Å². The van der Waals surface area contributed by atoms with E-state index in [1.807, 2.05) is 6.07 Å². The number of esters is 1. The van der Waals surface area contributed by atoms with Crippen molar-refractivity contribution in [3.63, 3.8) is 0 Å². The van der Waals surface area contributed by atoms with Gasteiger partial charge in [-0.1, -0.05) is 0 Å². The van der Waals surface area contributed by atoms with Crippen molar-refractivity contribution in [1.29, 1.82) is 0 Å². The Kier molecular flexibility index (Phi) is 3.31. The average Bonchev–Trinajstić information content (AvgIpc) is 2.34. The number of hydrogen-bond acceptors (Lipinski definition) is 3. The van der Waals surface area contributed by atoms with Crippen molar-refractivity contribution < 1.29 is 14.3 Å². The Bertz CT molecular complexity index is 454. The largest absolute Gasteiger partial charge is 0.618 e. The van der Waals surface area contributed by atoms with Gasteiger partial charge < -0.3 is 9.94 Å². The van der Waals surface area contributed by atoms with E-state index in [-0.39, 0.29) is 0 Å². The lowest BCUT2D eigenvalue weighted by Crippen LogP contribution is -2.39. The summed E-state index contributed by atoms with van der Waals surface area (Å²) in [4.78, 5) is 11.7. The molecule has 0 N–H and O–H groups in total. The van der Waals surface area contributed by atoms with Crippen LogP contribution in [0.1, 0.15) is 47.1 Å². The summed E-state index contributed by atoms with van der Waals surface area (Å²) in [6.07, 6.45) is 3.82. The molecule has 0 aliphatic heterocycles. The maximum atomic E-state index is 12.1. The van der Waals surface area contributed by atoms with Gasteiger partial charge in [-0.3, -0.25) is 0 Å². The van der Waals surface area contributed by atoms with Crippen molar-refractivity contribution in [1.82, 2.24) is 0 Å². The van der Waals surface area contributed by atoms with Crippen molar-refractivity contribution in [3.05, 3.63) is 33.8 Å². The van der Waals surface area contributed by atoms with E-state index < -0.39 is 5.97 Å². The molecule has 1 heterocycles. The topological polar surface area (TPSA) is 53.2 Å². The van der Waals surface area contributed by atoms with Crippen LogP contribution in [0.15, 0.2) is 6.07 Å². The molecule has 1 aromatic rings. The quantitative estimate of drug-likeness (QED) is 0.445. The third-order valence-electron chi connectivity index (χ3n) is 3.23. The first-order valence-corrected chi connectivity index (χ1v) is 6.07. The standard InChI is InChI=1S/C13H17NO3/c1-3-17-13(15)11-8-10-6-4-5-7-12(10)14(16)9(11)2/h8H,3-7H2,1-2H3. The number of rotatable bonds is 2. The normalized spacial score (nSPS) is 14.2. The zero-order chi connectivity index (χ0) is 12.4. The molecule has 2 rings (SSSR count). The first-order chi connectivity index (χ1) is 8.15. The summed E-state index contributed by atoms with van der Waals surface area (Å²) in [5.74, 6) is -0.400. The zero-order valence-corrected chi connectivity index (χ0v) is 10.3. The third kappa shape index (κ3) is 2.12. The number of fused-ring (bicyclic) bond motifs is 1. The van der Waals surface area contributed by atoms with Gasteiger partial charge in [0.15, 0.2) is 5.69 Å². The summed E-state index contributed by atoms with van der Waals surface area (Å²) in [6.45, 7) is 3.76. The van der Waals surface area contributed by atoms with E-state index in [0.717, 1.165) is 41.7 Å². The number of hydrogen-bond donors (Lipinski definition) is 0. The molecule has 0 fully saturated rings. The molecule has 4 heteroatoms. The fourth-order valence-corrected chi connectivity index (χ4v) is 2.31. The number of carbonyl (C=O) groups is 1. The molecule has 0 bridgehead atoms. The van der Waals surface area contributed by atoms with Gasteiger partial charge in [0.1, 0.15) is 5.56 Å². The SMILES string of the molecule is CCOC(=O)c1cc2c([n+]([O-])c1C)CCCC2. The van der Waals surface area contributed by atoms with Crippen LogP contribution < -0.4 is 4.73 Å². The number of aryl methyl sites for hydroxylation is 1. The van der Waals surface area contributed by atoms with E-state index in [4.69, 9.17) is 4.74 Å². The second-order valence-corrected chi connectivity index (χ2v) is 4.34. The highest BCUT2D eigenvalue weighted by Crippen LogP contribution is 2.21. The van der Waals surface area contributed by atoms with Crippen LogP contribution in [-0.2, 0) is 17.6 Å². The van der Waals surface area contributed by atoms with Crippen molar-refractivity contribution in [2.24, 2.45) is 0 Å². The molecule has 92 valence electrons. The van der Waals surface area contributed by atoms with Gasteiger partial charge in [0, 0.05) is 18.9 Å². The molecule has 0 atom stereocenters. The van der Waals surface area contributed by atoms with Gasteiger partial charge in [0.25, 0.3) is 0 Å². The van der Waals surface area contributed by atoms with Gasteiger partial charge in [-0.05, 0) is 32.3 Å². The van der Waals surface area contributed by atoms with E-state index in [1.54, 1.807) is 13.8 Å². The van der Waals surface area contributed by atoms with Crippen LogP contribution >= 0.6 is 0 Å². The van der Waals surface area contributed by atoms with E-state index in [2.05, 4.69) is 0 Å². The predicted molar refractivity (Wildman–Crippen MR) is 62.7 cm³/mol. The highest BCUT2D eigenvalue weighted by molar-refractivity contribution is 5.90. The Morgan fingerprint density at radius 2 is 2.18 bits per heavy atom. The molecule has 17 heavy (non-hydrogen) atoms. The summed E-state index contributed by atoms with van der Waals surface area (Å²) in [7, 11) is 0. The Morgan fingerprint density at radius 3 is 2.88 bits per heavy atom.